The van der Waals surface area contributed by atoms with Crippen LogP contribution in [0, 0.1) is 0 Å². The predicted molar refractivity (Wildman–Crippen MR) is 99.4 cm³/mol. The van der Waals surface area contributed by atoms with E-state index in [4.69, 9.17) is 0 Å². The molecule has 1 aliphatic heterocycles. The van der Waals surface area contributed by atoms with Gasteiger partial charge in [-0.2, -0.15) is 31.4 Å². The van der Waals surface area contributed by atoms with Gasteiger partial charge in [0.25, 0.3) is 5.91 Å². The summed E-state index contributed by atoms with van der Waals surface area (Å²) in [5.74, 6) is 0.163. The molecule has 1 aromatic carbocycles. The van der Waals surface area contributed by atoms with Crippen LogP contribution in [0.1, 0.15) is 27.3 Å². The third-order valence-electron chi connectivity index (χ3n) is 4.44. The maximum Gasteiger partial charge on any atom is 0.434 e. The third-order valence-corrected chi connectivity index (χ3v) is 4.44. The Kier molecular flexibility index (Phi) is 5.09. The number of alkyl halides is 6. The number of nitrogens with one attached hydrogen (secondary N) is 1. The van der Waals surface area contributed by atoms with E-state index in [-0.39, 0.29) is 22.6 Å². The Morgan fingerprint density at radius 3 is 2.45 bits per heavy atom. The molecule has 14 heteroatoms. The van der Waals surface area contributed by atoms with Gasteiger partial charge in [0.1, 0.15) is 11.4 Å². The number of fused-ring (bicyclic) bond motifs is 1. The predicted octanol–water partition coefficient (Wildman–Crippen LogP) is 4.83. The van der Waals surface area contributed by atoms with Gasteiger partial charge in [0.05, 0.1) is 17.4 Å². The van der Waals surface area contributed by atoms with Crippen LogP contribution >= 0.6 is 0 Å². The molecule has 4 rings (SSSR count). The number of hydrogen-bond donors (Lipinski definition) is 1. The van der Waals surface area contributed by atoms with Gasteiger partial charge in [-0.3, -0.25) is 9.78 Å². The fourth-order valence-electron chi connectivity index (χ4n) is 3.06. The minimum absolute atomic E-state index is 0.0969. The fourth-order valence-corrected chi connectivity index (χ4v) is 3.06. The Hall–Kier alpha value is -4.32. The quantitative estimate of drug-likeness (QED) is 0.442. The highest BCUT2D eigenvalue weighted by Crippen LogP contribution is 2.41. The zero-order valence-electron chi connectivity index (χ0n) is 15.9. The first kappa shape index (κ1) is 21.9. The summed E-state index contributed by atoms with van der Waals surface area (Å²) in [7, 11) is 0. The van der Waals surface area contributed by atoms with E-state index in [1.807, 2.05) is 5.32 Å². The molecule has 0 aliphatic carbocycles. The minimum Gasteiger partial charge on any atom is -0.322 e. The van der Waals surface area contributed by atoms with Gasteiger partial charge in [-0.1, -0.05) is 6.07 Å². The number of aromatic nitrogens is 3. The van der Waals surface area contributed by atoms with Gasteiger partial charge in [0.2, 0.25) is 0 Å². The highest BCUT2D eigenvalue weighted by molar-refractivity contribution is 6.05. The first-order chi connectivity index (χ1) is 15.5. The number of pyridine rings is 1. The van der Waals surface area contributed by atoms with Crippen molar-refractivity contribution in [2.24, 2.45) is 10.2 Å². The SMILES string of the molecule is O=C=C1N=Nc2c1cccc2-n1ncc(C(=O)Nc2ccnc(C(F)(F)F)c2)c1C(F)(F)F. The number of anilines is 1. The number of nitrogens with zero attached hydrogens (tertiary/aromatic N) is 5. The van der Waals surface area contributed by atoms with Crippen LogP contribution in [0.4, 0.5) is 37.7 Å². The Labute approximate surface area is 179 Å². The summed E-state index contributed by atoms with van der Waals surface area (Å²) >= 11 is 0. The lowest BCUT2D eigenvalue weighted by Gasteiger charge is -2.14. The molecule has 168 valence electrons. The number of benzene rings is 1. The number of hydrogen-bond acceptors (Lipinski definition) is 6. The lowest BCUT2D eigenvalue weighted by molar-refractivity contribution is -0.143. The topological polar surface area (TPSA) is 102 Å². The van der Waals surface area contributed by atoms with Crippen LogP contribution in [0.3, 0.4) is 0 Å². The highest BCUT2D eigenvalue weighted by Gasteiger charge is 2.41. The maximum atomic E-state index is 13.9. The van der Waals surface area contributed by atoms with Gasteiger partial charge in [0.15, 0.2) is 17.3 Å². The van der Waals surface area contributed by atoms with Crippen molar-refractivity contribution < 1.29 is 35.9 Å². The van der Waals surface area contributed by atoms with E-state index in [1.165, 1.54) is 24.1 Å². The number of rotatable bonds is 3. The van der Waals surface area contributed by atoms with Crippen molar-refractivity contribution in [2.75, 3.05) is 5.32 Å². The molecule has 0 spiro atoms. The van der Waals surface area contributed by atoms with E-state index >= 15 is 0 Å². The van der Waals surface area contributed by atoms with E-state index < -0.39 is 40.9 Å². The molecule has 0 atom stereocenters. The van der Waals surface area contributed by atoms with Gasteiger partial charge in [-0.15, -0.1) is 10.2 Å². The molecule has 33 heavy (non-hydrogen) atoms. The van der Waals surface area contributed by atoms with Crippen LogP contribution in [0.25, 0.3) is 11.4 Å². The molecule has 0 saturated carbocycles. The second-order valence-electron chi connectivity index (χ2n) is 6.52. The van der Waals surface area contributed by atoms with Gasteiger partial charge >= 0.3 is 12.4 Å². The number of carbonyl (C=O) groups is 1. The normalized spacial score (nSPS) is 13.1. The molecule has 3 heterocycles. The van der Waals surface area contributed by atoms with Crippen molar-refractivity contribution in [1.82, 2.24) is 14.8 Å². The molecule has 2 aromatic heterocycles. The molecule has 3 aromatic rings. The zero-order valence-corrected chi connectivity index (χ0v) is 15.9. The van der Waals surface area contributed by atoms with Crippen molar-refractivity contribution in [1.29, 1.82) is 0 Å². The summed E-state index contributed by atoms with van der Waals surface area (Å²) in [6.07, 6.45) is -8.55. The Morgan fingerprint density at radius 1 is 1.03 bits per heavy atom. The Morgan fingerprint density at radius 2 is 1.79 bits per heavy atom. The van der Waals surface area contributed by atoms with Gasteiger partial charge in [0, 0.05) is 17.4 Å². The number of halogens is 6. The molecule has 1 N–H and O–H groups in total. The van der Waals surface area contributed by atoms with Gasteiger partial charge in [-0.05, 0) is 24.3 Å². The summed E-state index contributed by atoms with van der Waals surface area (Å²) in [5, 5.41) is 12.9. The summed E-state index contributed by atoms with van der Waals surface area (Å²) in [6.45, 7) is 0. The Balaban J connectivity index is 1.78. The molecule has 8 nitrogen and oxygen atoms in total. The maximum absolute atomic E-state index is 13.9. The summed E-state index contributed by atoms with van der Waals surface area (Å²) in [4.78, 5) is 26.6. The van der Waals surface area contributed by atoms with Crippen molar-refractivity contribution in [3.05, 3.63) is 65.2 Å². The van der Waals surface area contributed by atoms with E-state index in [0.29, 0.717) is 16.9 Å². The first-order valence-corrected chi connectivity index (χ1v) is 8.81. The van der Waals surface area contributed by atoms with Crippen LogP contribution in [0.2, 0.25) is 0 Å². The Bertz CT molecular complexity index is 1350. The number of azo groups is 1. The van der Waals surface area contributed by atoms with Gasteiger partial charge in [-0.25, -0.2) is 9.48 Å². The van der Waals surface area contributed by atoms with E-state index in [2.05, 4.69) is 20.3 Å². The average molecular weight is 466 g/mol. The van der Waals surface area contributed by atoms with Crippen LogP contribution in [0.5, 0.6) is 0 Å². The van der Waals surface area contributed by atoms with Crippen LogP contribution in [-0.4, -0.2) is 26.6 Å². The van der Waals surface area contributed by atoms with Crippen molar-refractivity contribution in [3.63, 3.8) is 0 Å². The first-order valence-electron chi connectivity index (χ1n) is 8.81. The zero-order chi connectivity index (χ0) is 24.0. The standard InChI is InChI=1S/C19H8F6N6O2/c20-18(21,22)14-6-9(4-5-26-14)28-17(33)11-7-27-31(16(11)19(23,24)25)13-3-1-2-10-12(8-32)29-30-15(10)13/h1-7H,(H,26,28,33). The van der Waals surface area contributed by atoms with E-state index in [1.54, 1.807) is 0 Å². The summed E-state index contributed by atoms with van der Waals surface area (Å²) in [6, 6.07) is 5.41. The number of amides is 1. The summed E-state index contributed by atoms with van der Waals surface area (Å²) < 4.78 is 80.6. The summed E-state index contributed by atoms with van der Waals surface area (Å²) in [5.41, 5.74) is -4.63. The second-order valence-corrected chi connectivity index (χ2v) is 6.52. The third kappa shape index (κ3) is 3.99. The molecule has 0 bridgehead atoms. The smallest absolute Gasteiger partial charge is 0.322 e. The van der Waals surface area contributed by atoms with E-state index in [9.17, 15) is 35.9 Å². The largest absolute Gasteiger partial charge is 0.434 e. The lowest BCUT2D eigenvalue weighted by Crippen LogP contribution is -2.21. The molecule has 0 radical (unpaired) electrons. The molecule has 0 fully saturated rings. The minimum atomic E-state index is -5.10. The van der Waals surface area contributed by atoms with Crippen LogP contribution in [-0.2, 0) is 17.1 Å². The van der Waals surface area contributed by atoms with Crippen LogP contribution < -0.4 is 5.32 Å². The average Bonchev–Trinajstić information content (AvgIpc) is 3.37. The van der Waals surface area contributed by atoms with Crippen LogP contribution in [0.15, 0.2) is 53.0 Å². The van der Waals surface area contributed by atoms with Gasteiger partial charge < -0.3 is 5.32 Å². The molecule has 0 saturated heterocycles. The molecule has 1 aliphatic rings. The van der Waals surface area contributed by atoms with Crippen molar-refractivity contribution in [3.8, 4) is 5.69 Å². The van der Waals surface area contributed by atoms with E-state index in [0.717, 1.165) is 12.3 Å². The molecular weight excluding hydrogens is 458 g/mol. The fraction of sp³-hybridized carbons (Fsp3) is 0.105. The monoisotopic (exact) mass is 466 g/mol. The number of carbonyl (C=O) groups excluding carboxylic acids is 2. The molecule has 1 amide bonds. The molecular formula is C19H8F6N6O2. The van der Waals surface area contributed by atoms with Crippen molar-refractivity contribution >= 4 is 28.9 Å². The second kappa shape index (κ2) is 7.67. The highest BCUT2D eigenvalue weighted by atomic mass is 19.4. The molecule has 0 unspecified atom stereocenters. The van der Waals surface area contributed by atoms with Crippen molar-refractivity contribution in [2.45, 2.75) is 12.4 Å². The lowest BCUT2D eigenvalue weighted by atomic mass is 10.1.